The summed E-state index contributed by atoms with van der Waals surface area (Å²) in [5, 5.41) is 11.4. The van der Waals surface area contributed by atoms with Crippen LogP contribution < -0.4 is 5.32 Å². The van der Waals surface area contributed by atoms with Gasteiger partial charge in [0, 0.05) is 36.9 Å². The molecule has 2 N–H and O–H groups in total. The molecule has 0 fully saturated rings. The number of carbonyl (C=O) groups is 1. The fourth-order valence-corrected chi connectivity index (χ4v) is 2.74. The Morgan fingerprint density at radius 3 is 2.73 bits per heavy atom. The van der Waals surface area contributed by atoms with E-state index in [4.69, 9.17) is 5.11 Å². The highest BCUT2D eigenvalue weighted by Gasteiger charge is 2.10. The molecule has 1 aromatic carbocycles. The van der Waals surface area contributed by atoms with Crippen LogP contribution in [0.1, 0.15) is 16.8 Å². The van der Waals surface area contributed by atoms with E-state index in [-0.39, 0.29) is 12.5 Å². The van der Waals surface area contributed by atoms with Gasteiger partial charge in [0.2, 0.25) is 0 Å². The molecular formula is C16H19FN2O2S. The normalized spacial score (nSPS) is 10.6. The van der Waals surface area contributed by atoms with E-state index in [2.05, 4.69) is 5.32 Å². The van der Waals surface area contributed by atoms with Gasteiger partial charge in [-0.1, -0.05) is 0 Å². The van der Waals surface area contributed by atoms with Crippen LogP contribution >= 0.6 is 11.8 Å². The third-order valence-corrected chi connectivity index (χ3v) is 4.14. The minimum atomic E-state index is -0.429. The first-order chi connectivity index (χ1) is 10.7. The van der Waals surface area contributed by atoms with Crippen molar-refractivity contribution < 1.29 is 14.3 Å². The second kappa shape index (κ2) is 8.60. The third kappa shape index (κ3) is 4.61. The predicted molar refractivity (Wildman–Crippen MR) is 87.1 cm³/mol. The maximum Gasteiger partial charge on any atom is 0.251 e. The number of benzene rings is 1. The van der Waals surface area contributed by atoms with Gasteiger partial charge in [-0.25, -0.2) is 4.39 Å². The molecule has 6 heteroatoms. The highest BCUT2D eigenvalue weighted by molar-refractivity contribution is 7.99. The summed E-state index contributed by atoms with van der Waals surface area (Å²) >= 11 is 1.67. The average Bonchev–Trinajstić information content (AvgIpc) is 3.04. The fourth-order valence-electron chi connectivity index (χ4n) is 1.96. The molecule has 1 aromatic heterocycles. The summed E-state index contributed by atoms with van der Waals surface area (Å²) in [6.45, 7) is 0.711. The molecule has 0 aliphatic rings. The Labute approximate surface area is 133 Å². The molecule has 0 spiro atoms. The number of rotatable bonds is 8. The summed E-state index contributed by atoms with van der Waals surface area (Å²) in [5.41, 5.74) is 0.731. The smallest absolute Gasteiger partial charge is 0.251 e. The molecule has 0 aliphatic heterocycles. The summed E-state index contributed by atoms with van der Waals surface area (Å²) < 4.78 is 15.7. The van der Waals surface area contributed by atoms with E-state index in [1.54, 1.807) is 40.9 Å². The van der Waals surface area contributed by atoms with Crippen molar-refractivity contribution in [2.24, 2.45) is 0 Å². The minimum Gasteiger partial charge on any atom is -0.396 e. The van der Waals surface area contributed by atoms with Crippen molar-refractivity contribution >= 4 is 17.7 Å². The van der Waals surface area contributed by atoms with Crippen molar-refractivity contribution in [2.45, 2.75) is 6.42 Å². The molecule has 2 aromatic rings. The maximum atomic E-state index is 14.1. The number of hydrogen-bond donors (Lipinski definition) is 2. The number of carbonyl (C=O) groups excluding carboxylic acids is 1. The van der Waals surface area contributed by atoms with Crippen LogP contribution in [0.15, 0.2) is 42.7 Å². The second-order valence-corrected chi connectivity index (χ2v) is 5.93. The average molecular weight is 322 g/mol. The van der Waals surface area contributed by atoms with E-state index in [0.29, 0.717) is 17.8 Å². The zero-order valence-electron chi connectivity index (χ0n) is 12.2. The van der Waals surface area contributed by atoms with Crippen molar-refractivity contribution in [1.29, 1.82) is 0 Å². The fraction of sp³-hybridized carbons (Fsp3) is 0.312. The first kappa shape index (κ1) is 16.6. The summed E-state index contributed by atoms with van der Waals surface area (Å²) in [6.07, 6.45) is 4.26. The molecule has 0 atom stereocenters. The van der Waals surface area contributed by atoms with Gasteiger partial charge in [0.1, 0.15) is 5.82 Å². The SMILES string of the molecule is O=C(NCCSCCCO)c1ccc(-n2cccc2)c(F)c1. The van der Waals surface area contributed by atoms with Gasteiger partial charge in [-0.2, -0.15) is 11.8 Å². The van der Waals surface area contributed by atoms with E-state index in [1.165, 1.54) is 6.07 Å². The van der Waals surface area contributed by atoms with Crippen LogP contribution in [0.5, 0.6) is 0 Å². The lowest BCUT2D eigenvalue weighted by atomic mass is 10.2. The van der Waals surface area contributed by atoms with Crippen LogP contribution in [-0.2, 0) is 0 Å². The Kier molecular flexibility index (Phi) is 6.48. The minimum absolute atomic E-state index is 0.187. The number of nitrogens with zero attached hydrogens (tertiary/aromatic N) is 1. The Hall–Kier alpha value is -1.79. The number of halogens is 1. The van der Waals surface area contributed by atoms with Crippen molar-refractivity contribution in [3.63, 3.8) is 0 Å². The van der Waals surface area contributed by atoms with E-state index in [1.807, 2.05) is 12.1 Å². The van der Waals surface area contributed by atoms with Gasteiger partial charge in [-0.15, -0.1) is 0 Å². The number of amides is 1. The maximum absolute atomic E-state index is 14.1. The van der Waals surface area contributed by atoms with Crippen molar-refractivity contribution in [1.82, 2.24) is 9.88 Å². The van der Waals surface area contributed by atoms with Crippen LogP contribution in [0.25, 0.3) is 5.69 Å². The quantitative estimate of drug-likeness (QED) is 0.734. The van der Waals surface area contributed by atoms with Crippen molar-refractivity contribution in [3.8, 4) is 5.69 Å². The van der Waals surface area contributed by atoms with E-state index in [9.17, 15) is 9.18 Å². The molecule has 4 nitrogen and oxygen atoms in total. The lowest BCUT2D eigenvalue weighted by molar-refractivity contribution is 0.0955. The third-order valence-electron chi connectivity index (χ3n) is 3.07. The Bertz CT molecular complexity index is 602. The van der Waals surface area contributed by atoms with Crippen molar-refractivity contribution in [2.75, 3.05) is 24.7 Å². The van der Waals surface area contributed by atoms with E-state index in [0.717, 1.165) is 17.9 Å². The Morgan fingerprint density at radius 2 is 2.05 bits per heavy atom. The van der Waals surface area contributed by atoms with Gasteiger partial charge in [-0.05, 0) is 42.5 Å². The number of thioether (sulfide) groups is 1. The first-order valence-electron chi connectivity index (χ1n) is 7.12. The molecule has 0 bridgehead atoms. The van der Waals surface area contributed by atoms with Gasteiger partial charge in [0.05, 0.1) is 5.69 Å². The molecule has 1 amide bonds. The van der Waals surface area contributed by atoms with Gasteiger partial charge in [-0.3, -0.25) is 4.79 Å². The summed E-state index contributed by atoms with van der Waals surface area (Å²) in [5.74, 6) is 0.935. The van der Waals surface area contributed by atoms with Gasteiger partial charge >= 0.3 is 0 Å². The van der Waals surface area contributed by atoms with Crippen LogP contribution in [0.3, 0.4) is 0 Å². The van der Waals surface area contributed by atoms with Crippen LogP contribution in [0.2, 0.25) is 0 Å². The monoisotopic (exact) mass is 322 g/mol. The standard InChI is InChI=1S/C16H19FN2O2S/c17-14-12-13(4-5-15(14)19-7-1-2-8-19)16(21)18-6-11-22-10-3-9-20/h1-2,4-5,7-8,12,20H,3,6,9-11H2,(H,18,21). The van der Waals surface area contributed by atoms with Gasteiger partial charge in [0.15, 0.2) is 0 Å². The second-order valence-electron chi connectivity index (χ2n) is 4.70. The highest BCUT2D eigenvalue weighted by Crippen LogP contribution is 2.15. The molecule has 22 heavy (non-hydrogen) atoms. The Balaban J connectivity index is 1.87. The number of hydrogen-bond acceptors (Lipinski definition) is 3. The molecular weight excluding hydrogens is 303 g/mol. The zero-order valence-corrected chi connectivity index (χ0v) is 13.0. The molecule has 118 valence electrons. The molecule has 0 saturated heterocycles. The van der Waals surface area contributed by atoms with Crippen LogP contribution in [0, 0.1) is 5.82 Å². The number of aromatic nitrogens is 1. The number of nitrogens with one attached hydrogen (secondary N) is 1. The molecule has 0 saturated carbocycles. The Morgan fingerprint density at radius 1 is 1.27 bits per heavy atom. The van der Waals surface area contributed by atoms with Gasteiger partial charge in [0.25, 0.3) is 5.91 Å². The number of aliphatic hydroxyl groups is 1. The summed E-state index contributed by atoms with van der Waals surface area (Å²) in [6, 6.07) is 8.10. The molecule has 2 rings (SSSR count). The number of aliphatic hydroxyl groups excluding tert-OH is 1. The predicted octanol–water partition coefficient (Wildman–Crippen LogP) is 2.46. The molecule has 1 heterocycles. The largest absolute Gasteiger partial charge is 0.396 e. The lowest BCUT2D eigenvalue weighted by Crippen LogP contribution is -2.26. The summed E-state index contributed by atoms with van der Waals surface area (Å²) in [4.78, 5) is 11.9. The zero-order chi connectivity index (χ0) is 15.8. The van der Waals surface area contributed by atoms with Gasteiger partial charge < -0.3 is 15.0 Å². The summed E-state index contributed by atoms with van der Waals surface area (Å²) in [7, 11) is 0. The molecule has 0 unspecified atom stereocenters. The molecule has 0 aliphatic carbocycles. The van der Waals surface area contributed by atoms with E-state index < -0.39 is 5.82 Å². The van der Waals surface area contributed by atoms with Crippen LogP contribution in [0.4, 0.5) is 4.39 Å². The lowest BCUT2D eigenvalue weighted by Gasteiger charge is -2.08. The van der Waals surface area contributed by atoms with E-state index >= 15 is 0 Å². The highest BCUT2D eigenvalue weighted by atomic mass is 32.2. The van der Waals surface area contributed by atoms with Crippen LogP contribution in [-0.4, -0.2) is 40.2 Å². The topological polar surface area (TPSA) is 54.3 Å². The first-order valence-corrected chi connectivity index (χ1v) is 8.27. The molecule has 0 radical (unpaired) electrons. The van der Waals surface area contributed by atoms with Crippen molar-refractivity contribution in [3.05, 3.63) is 54.1 Å².